The van der Waals surface area contributed by atoms with E-state index in [9.17, 15) is 4.39 Å². The van der Waals surface area contributed by atoms with Gasteiger partial charge in [0.05, 0.1) is 0 Å². The Bertz CT molecular complexity index is 318. The topological polar surface area (TPSA) is 12.0 Å². The maximum Gasteiger partial charge on any atom is 0.123 e. The van der Waals surface area contributed by atoms with Crippen molar-refractivity contribution in [1.29, 1.82) is 0 Å². The molecule has 0 fully saturated rings. The van der Waals surface area contributed by atoms with Crippen LogP contribution in [0.25, 0.3) is 0 Å². The first-order valence-corrected chi connectivity index (χ1v) is 5.76. The first-order chi connectivity index (χ1) is 7.63. The van der Waals surface area contributed by atoms with Gasteiger partial charge in [0.2, 0.25) is 0 Å². The van der Waals surface area contributed by atoms with Crippen LogP contribution in [0.15, 0.2) is 36.9 Å². The minimum atomic E-state index is -0.185. The Balaban J connectivity index is 2.48. The zero-order valence-electron chi connectivity index (χ0n) is 10.0. The Morgan fingerprint density at radius 1 is 1.31 bits per heavy atom. The summed E-state index contributed by atoms with van der Waals surface area (Å²) in [6, 6.07) is 7.35. The van der Waals surface area contributed by atoms with Crippen molar-refractivity contribution in [2.24, 2.45) is 0 Å². The van der Waals surface area contributed by atoms with Gasteiger partial charge < -0.3 is 5.32 Å². The van der Waals surface area contributed by atoms with E-state index in [-0.39, 0.29) is 11.9 Å². The molecule has 16 heavy (non-hydrogen) atoms. The highest BCUT2D eigenvalue weighted by atomic mass is 19.1. The molecule has 0 aliphatic carbocycles. The predicted molar refractivity (Wildman–Crippen MR) is 66.8 cm³/mol. The monoisotopic (exact) mass is 221 g/mol. The molecule has 0 aliphatic rings. The van der Waals surface area contributed by atoms with E-state index in [1.54, 1.807) is 0 Å². The van der Waals surface area contributed by atoms with E-state index in [2.05, 4.69) is 25.7 Å². The minimum absolute atomic E-state index is 0.185. The molecule has 88 valence electrons. The molecule has 2 atom stereocenters. The van der Waals surface area contributed by atoms with Gasteiger partial charge in [0.15, 0.2) is 0 Å². The Kier molecular flexibility index (Phi) is 5.20. The number of allylic oxidation sites excluding steroid dienone is 1. The zero-order valence-corrected chi connectivity index (χ0v) is 10.0. The molecule has 1 aromatic rings. The lowest BCUT2D eigenvalue weighted by molar-refractivity contribution is 0.458. The molecule has 0 spiro atoms. The number of nitrogens with one attached hydrogen (secondary N) is 1. The molecule has 2 heteroatoms. The highest BCUT2D eigenvalue weighted by molar-refractivity contribution is 5.19. The second kappa shape index (κ2) is 6.44. The van der Waals surface area contributed by atoms with Gasteiger partial charge in [-0.15, -0.1) is 6.58 Å². The van der Waals surface area contributed by atoms with Gasteiger partial charge in [-0.1, -0.05) is 18.2 Å². The third-order valence-corrected chi connectivity index (χ3v) is 2.71. The van der Waals surface area contributed by atoms with Gasteiger partial charge in [0.1, 0.15) is 5.82 Å². The maximum atomic E-state index is 12.7. The van der Waals surface area contributed by atoms with E-state index in [4.69, 9.17) is 0 Å². The van der Waals surface area contributed by atoms with E-state index in [1.165, 1.54) is 12.1 Å². The molecule has 1 unspecified atom stereocenters. The Labute approximate surface area is 97.4 Å². The Hall–Kier alpha value is -1.15. The summed E-state index contributed by atoms with van der Waals surface area (Å²) in [5.74, 6) is -0.185. The van der Waals surface area contributed by atoms with Crippen LogP contribution in [0.3, 0.4) is 0 Å². The summed E-state index contributed by atoms with van der Waals surface area (Å²) in [6.07, 6.45) is 4.03. The smallest absolute Gasteiger partial charge is 0.123 e. The summed E-state index contributed by atoms with van der Waals surface area (Å²) in [7, 11) is 0. The quantitative estimate of drug-likeness (QED) is 0.720. The molecular weight excluding hydrogens is 201 g/mol. The van der Waals surface area contributed by atoms with Crippen LogP contribution in [0.5, 0.6) is 0 Å². The van der Waals surface area contributed by atoms with Crippen molar-refractivity contribution in [2.75, 3.05) is 0 Å². The number of halogens is 1. The molecule has 0 bridgehead atoms. The molecule has 1 nitrogen and oxygen atoms in total. The summed E-state index contributed by atoms with van der Waals surface area (Å²) in [4.78, 5) is 0. The highest BCUT2D eigenvalue weighted by Crippen LogP contribution is 2.14. The molecule has 1 aromatic carbocycles. The summed E-state index contributed by atoms with van der Waals surface area (Å²) in [6.45, 7) is 7.96. The molecule has 0 radical (unpaired) electrons. The van der Waals surface area contributed by atoms with Gasteiger partial charge >= 0.3 is 0 Å². The van der Waals surface area contributed by atoms with Crippen molar-refractivity contribution in [3.63, 3.8) is 0 Å². The minimum Gasteiger partial charge on any atom is -0.308 e. The lowest BCUT2D eigenvalue weighted by Gasteiger charge is -2.19. The molecule has 1 N–H and O–H groups in total. The van der Waals surface area contributed by atoms with Crippen LogP contribution in [-0.4, -0.2) is 6.04 Å². The molecule has 0 aliphatic heterocycles. The van der Waals surface area contributed by atoms with Gasteiger partial charge in [-0.3, -0.25) is 0 Å². The average Bonchev–Trinajstić information content (AvgIpc) is 2.27. The Morgan fingerprint density at radius 2 is 1.94 bits per heavy atom. The molecule has 0 saturated heterocycles. The van der Waals surface area contributed by atoms with Crippen molar-refractivity contribution in [3.05, 3.63) is 48.3 Å². The van der Waals surface area contributed by atoms with Crippen molar-refractivity contribution < 1.29 is 4.39 Å². The van der Waals surface area contributed by atoms with Crippen LogP contribution < -0.4 is 5.32 Å². The second-order valence-electron chi connectivity index (χ2n) is 4.21. The van der Waals surface area contributed by atoms with E-state index < -0.39 is 0 Å². The van der Waals surface area contributed by atoms with E-state index in [0.717, 1.165) is 18.4 Å². The fraction of sp³-hybridized carbons (Fsp3) is 0.429. The predicted octanol–water partition coefficient (Wildman–Crippen LogP) is 3.83. The van der Waals surface area contributed by atoms with Gasteiger partial charge in [-0.05, 0) is 44.4 Å². The van der Waals surface area contributed by atoms with Crippen LogP contribution in [0, 0.1) is 5.82 Å². The molecule has 1 rings (SSSR count). The van der Waals surface area contributed by atoms with Crippen LogP contribution in [0.4, 0.5) is 4.39 Å². The summed E-state index contributed by atoms with van der Waals surface area (Å²) in [5, 5.41) is 3.48. The van der Waals surface area contributed by atoms with Crippen molar-refractivity contribution in [3.8, 4) is 0 Å². The van der Waals surface area contributed by atoms with Crippen LogP contribution in [0.1, 0.15) is 38.3 Å². The lowest BCUT2D eigenvalue weighted by Crippen LogP contribution is -2.28. The summed E-state index contributed by atoms with van der Waals surface area (Å²) >= 11 is 0. The number of benzene rings is 1. The average molecular weight is 221 g/mol. The maximum absolute atomic E-state index is 12.7. The largest absolute Gasteiger partial charge is 0.308 e. The normalized spacial score (nSPS) is 14.4. The summed E-state index contributed by atoms with van der Waals surface area (Å²) in [5.41, 5.74) is 1.12. The van der Waals surface area contributed by atoms with Crippen LogP contribution in [0.2, 0.25) is 0 Å². The van der Waals surface area contributed by atoms with E-state index in [1.807, 2.05) is 18.2 Å². The van der Waals surface area contributed by atoms with Gasteiger partial charge in [-0.2, -0.15) is 0 Å². The molecule has 0 heterocycles. The molecule has 0 amide bonds. The Morgan fingerprint density at radius 3 is 2.50 bits per heavy atom. The van der Waals surface area contributed by atoms with Crippen LogP contribution >= 0.6 is 0 Å². The SMILES string of the molecule is C=CCCC(C)N[C@@H](C)c1ccc(F)cc1. The zero-order chi connectivity index (χ0) is 12.0. The summed E-state index contributed by atoms with van der Waals surface area (Å²) < 4.78 is 12.7. The van der Waals surface area contributed by atoms with Gasteiger partial charge in [0, 0.05) is 12.1 Å². The first-order valence-electron chi connectivity index (χ1n) is 5.76. The van der Waals surface area contributed by atoms with Crippen molar-refractivity contribution in [1.82, 2.24) is 5.32 Å². The van der Waals surface area contributed by atoms with E-state index >= 15 is 0 Å². The number of hydrogen-bond acceptors (Lipinski definition) is 1. The molecular formula is C14H20FN. The number of rotatable bonds is 6. The lowest BCUT2D eigenvalue weighted by atomic mass is 10.1. The van der Waals surface area contributed by atoms with Crippen molar-refractivity contribution >= 4 is 0 Å². The van der Waals surface area contributed by atoms with Crippen molar-refractivity contribution in [2.45, 2.75) is 38.8 Å². The third-order valence-electron chi connectivity index (χ3n) is 2.71. The fourth-order valence-electron chi connectivity index (χ4n) is 1.73. The fourth-order valence-corrected chi connectivity index (χ4v) is 1.73. The first kappa shape index (κ1) is 12.9. The molecule has 0 saturated carbocycles. The third kappa shape index (κ3) is 4.15. The van der Waals surface area contributed by atoms with Crippen LogP contribution in [-0.2, 0) is 0 Å². The second-order valence-corrected chi connectivity index (χ2v) is 4.21. The number of hydrogen-bond donors (Lipinski definition) is 1. The van der Waals surface area contributed by atoms with Gasteiger partial charge in [0.25, 0.3) is 0 Å². The van der Waals surface area contributed by atoms with Gasteiger partial charge in [-0.25, -0.2) is 4.39 Å². The van der Waals surface area contributed by atoms with E-state index in [0.29, 0.717) is 6.04 Å². The standard InChI is InChI=1S/C14H20FN/c1-4-5-6-11(2)16-12(3)13-7-9-14(15)10-8-13/h4,7-12,16H,1,5-6H2,2-3H3/t11?,12-/m0/s1. The highest BCUT2D eigenvalue weighted by Gasteiger charge is 2.08. The molecule has 0 aromatic heterocycles.